The van der Waals surface area contributed by atoms with Crippen molar-refractivity contribution in [1.82, 2.24) is 4.90 Å². The number of carbonyl (C=O) groups excluding carboxylic acids is 2. The molecule has 2 amide bonds. The zero-order valence-corrected chi connectivity index (χ0v) is 10.2. The monoisotopic (exact) mass is 254 g/mol. The van der Waals surface area contributed by atoms with Crippen LogP contribution in [0.4, 0.5) is 5.69 Å². The van der Waals surface area contributed by atoms with Crippen LogP contribution < -0.4 is 5.06 Å². The van der Waals surface area contributed by atoms with E-state index in [-0.39, 0.29) is 6.61 Å². The largest absolute Gasteiger partial charge is 0.340 e. The van der Waals surface area contributed by atoms with E-state index in [9.17, 15) is 9.59 Å². The Morgan fingerprint density at radius 3 is 2.76 bits per heavy atom. The van der Waals surface area contributed by atoms with Gasteiger partial charge in [0.15, 0.2) is 0 Å². The van der Waals surface area contributed by atoms with E-state index in [1.54, 1.807) is 18.2 Å². The van der Waals surface area contributed by atoms with Crippen LogP contribution in [0, 0.1) is 0 Å². The Morgan fingerprint density at radius 2 is 2.12 bits per heavy atom. The maximum absolute atomic E-state index is 11.8. The maximum atomic E-state index is 11.8. The minimum absolute atomic E-state index is 0.263. The number of rotatable bonds is 0. The summed E-state index contributed by atoms with van der Waals surface area (Å²) in [6, 6.07) is 5.08. The van der Waals surface area contributed by atoms with E-state index >= 15 is 0 Å². The van der Waals surface area contributed by atoms with Gasteiger partial charge in [0.25, 0.3) is 0 Å². The van der Waals surface area contributed by atoms with Crippen molar-refractivity contribution in [2.24, 2.45) is 0 Å². The highest BCUT2D eigenvalue weighted by atomic mass is 35.5. The number of hydrogen-bond donors (Lipinski definition) is 0. The predicted molar refractivity (Wildman–Crippen MR) is 62.4 cm³/mol. The van der Waals surface area contributed by atoms with E-state index in [4.69, 9.17) is 16.4 Å². The van der Waals surface area contributed by atoms with Gasteiger partial charge in [0.1, 0.15) is 6.61 Å². The molecule has 0 aliphatic carbocycles. The molecule has 0 bridgehead atoms. The molecule has 0 aromatic heterocycles. The van der Waals surface area contributed by atoms with Gasteiger partial charge in [-0.15, -0.1) is 0 Å². The van der Waals surface area contributed by atoms with Crippen LogP contribution in [-0.2, 0) is 21.0 Å². The van der Waals surface area contributed by atoms with Crippen molar-refractivity contribution in [2.75, 3.05) is 19.2 Å². The van der Waals surface area contributed by atoms with E-state index in [0.717, 1.165) is 10.6 Å². The quantitative estimate of drug-likeness (QED) is 0.654. The number of nitrogens with zero attached hydrogens (tertiary/aromatic N) is 2. The third kappa shape index (κ3) is 2.11. The first-order valence-corrected chi connectivity index (χ1v) is 5.35. The van der Waals surface area contributed by atoms with Crippen molar-refractivity contribution >= 4 is 29.1 Å². The number of hydrogen-bond acceptors (Lipinski definition) is 3. The van der Waals surface area contributed by atoms with Gasteiger partial charge in [-0.05, 0) is 12.1 Å². The molecule has 0 N–H and O–H groups in total. The SMILES string of the molecule is CN(C)C(=O)C(=O)N1OCc2ccc(Cl)cc21. The molecule has 1 aromatic carbocycles. The number of carbonyl (C=O) groups is 2. The Balaban J connectivity index is 2.30. The Hall–Kier alpha value is -1.59. The summed E-state index contributed by atoms with van der Waals surface area (Å²) in [7, 11) is 3.02. The molecule has 0 atom stereocenters. The second-order valence-corrected chi connectivity index (χ2v) is 4.28. The van der Waals surface area contributed by atoms with Gasteiger partial charge in [0.05, 0.1) is 5.69 Å². The highest BCUT2D eigenvalue weighted by molar-refractivity contribution is 6.40. The molecule has 5 nitrogen and oxygen atoms in total. The molecule has 0 saturated heterocycles. The van der Waals surface area contributed by atoms with Crippen LogP contribution in [0.15, 0.2) is 18.2 Å². The van der Waals surface area contributed by atoms with Crippen LogP contribution >= 0.6 is 11.6 Å². The molecule has 17 heavy (non-hydrogen) atoms. The normalized spacial score (nSPS) is 13.5. The highest BCUT2D eigenvalue weighted by Crippen LogP contribution is 2.31. The smallest absolute Gasteiger partial charge is 0.340 e. The minimum atomic E-state index is -0.726. The number of anilines is 1. The Morgan fingerprint density at radius 1 is 1.41 bits per heavy atom. The van der Waals surface area contributed by atoms with E-state index in [2.05, 4.69) is 0 Å². The van der Waals surface area contributed by atoms with Crippen molar-refractivity contribution < 1.29 is 14.4 Å². The fraction of sp³-hybridized carbons (Fsp3) is 0.273. The molecule has 1 aliphatic rings. The van der Waals surface area contributed by atoms with Crippen molar-refractivity contribution in [3.63, 3.8) is 0 Å². The lowest BCUT2D eigenvalue weighted by molar-refractivity contribution is -0.146. The molecule has 1 heterocycles. The predicted octanol–water partition coefficient (Wildman–Crippen LogP) is 1.21. The third-order valence-corrected chi connectivity index (χ3v) is 2.62. The molecule has 6 heteroatoms. The Kier molecular flexibility index (Phi) is 3.04. The van der Waals surface area contributed by atoms with Crippen LogP contribution in [0.3, 0.4) is 0 Å². The van der Waals surface area contributed by atoms with Gasteiger partial charge < -0.3 is 4.90 Å². The maximum Gasteiger partial charge on any atom is 0.340 e. The average Bonchev–Trinajstić information content (AvgIpc) is 2.69. The summed E-state index contributed by atoms with van der Waals surface area (Å²) in [5, 5.41) is 1.48. The third-order valence-electron chi connectivity index (χ3n) is 2.39. The van der Waals surface area contributed by atoms with Gasteiger partial charge in [-0.1, -0.05) is 17.7 Å². The van der Waals surface area contributed by atoms with Crippen molar-refractivity contribution in [3.05, 3.63) is 28.8 Å². The van der Waals surface area contributed by atoms with Crippen molar-refractivity contribution in [1.29, 1.82) is 0 Å². The molecular formula is C11H11ClN2O3. The lowest BCUT2D eigenvalue weighted by atomic mass is 10.2. The first-order chi connectivity index (χ1) is 8.00. The summed E-state index contributed by atoms with van der Waals surface area (Å²) in [5.74, 6) is -1.37. The average molecular weight is 255 g/mol. The van der Waals surface area contributed by atoms with E-state index in [0.29, 0.717) is 10.7 Å². The van der Waals surface area contributed by atoms with Crippen LogP contribution in [0.5, 0.6) is 0 Å². The van der Waals surface area contributed by atoms with Gasteiger partial charge in [-0.2, -0.15) is 5.06 Å². The van der Waals surface area contributed by atoms with E-state index in [1.807, 2.05) is 0 Å². The molecule has 1 aliphatic heterocycles. The van der Waals surface area contributed by atoms with Gasteiger partial charge in [-0.25, -0.2) is 0 Å². The summed E-state index contributed by atoms with van der Waals surface area (Å²) < 4.78 is 0. The van der Waals surface area contributed by atoms with Gasteiger partial charge >= 0.3 is 11.8 Å². The zero-order chi connectivity index (χ0) is 12.6. The summed E-state index contributed by atoms with van der Waals surface area (Å²) in [6.07, 6.45) is 0. The van der Waals surface area contributed by atoms with Crippen LogP contribution in [0.25, 0.3) is 0 Å². The molecule has 0 spiro atoms. The molecule has 1 aromatic rings. The summed E-state index contributed by atoms with van der Waals surface area (Å²) in [6.45, 7) is 0.263. The molecule has 2 rings (SSSR count). The summed E-state index contributed by atoms with van der Waals surface area (Å²) >= 11 is 5.85. The van der Waals surface area contributed by atoms with Crippen LogP contribution in [0.1, 0.15) is 5.56 Å². The molecule has 0 unspecified atom stereocenters. The van der Waals surface area contributed by atoms with Gasteiger partial charge in [0.2, 0.25) is 0 Å². The lowest BCUT2D eigenvalue weighted by Gasteiger charge is -2.17. The van der Waals surface area contributed by atoms with Crippen molar-refractivity contribution in [3.8, 4) is 0 Å². The van der Waals surface area contributed by atoms with E-state index < -0.39 is 11.8 Å². The molecule has 0 radical (unpaired) electrons. The molecule has 90 valence electrons. The highest BCUT2D eigenvalue weighted by Gasteiger charge is 2.31. The number of likely N-dealkylation sites (N-methyl/N-ethyl adjacent to an activating group) is 1. The minimum Gasteiger partial charge on any atom is -0.340 e. The topological polar surface area (TPSA) is 49.9 Å². The number of benzene rings is 1. The van der Waals surface area contributed by atoms with Crippen LogP contribution in [0.2, 0.25) is 5.02 Å². The number of fused-ring (bicyclic) bond motifs is 1. The number of amides is 2. The summed E-state index contributed by atoms with van der Waals surface area (Å²) in [4.78, 5) is 29.8. The van der Waals surface area contributed by atoms with E-state index in [1.165, 1.54) is 19.0 Å². The zero-order valence-electron chi connectivity index (χ0n) is 9.44. The lowest BCUT2D eigenvalue weighted by Crippen LogP contribution is -2.40. The first kappa shape index (κ1) is 11.9. The Labute approximate surface area is 103 Å². The Bertz CT molecular complexity index is 488. The van der Waals surface area contributed by atoms with Gasteiger partial charge in [-0.3, -0.25) is 14.4 Å². The summed E-state index contributed by atoms with van der Waals surface area (Å²) in [5.41, 5.74) is 1.35. The molecular weight excluding hydrogens is 244 g/mol. The first-order valence-electron chi connectivity index (χ1n) is 4.98. The van der Waals surface area contributed by atoms with Crippen molar-refractivity contribution in [2.45, 2.75) is 6.61 Å². The van der Waals surface area contributed by atoms with Crippen LogP contribution in [-0.4, -0.2) is 30.8 Å². The fourth-order valence-electron chi connectivity index (χ4n) is 1.50. The standard InChI is InChI=1S/C11H11ClN2O3/c1-13(2)10(15)11(16)14-9-5-8(12)4-3-7(9)6-17-14/h3-5H,6H2,1-2H3. The molecule has 0 saturated carbocycles. The number of hydroxylamine groups is 1. The second-order valence-electron chi connectivity index (χ2n) is 3.85. The fourth-order valence-corrected chi connectivity index (χ4v) is 1.66. The van der Waals surface area contributed by atoms with Gasteiger partial charge in [0, 0.05) is 24.7 Å². The second kappa shape index (κ2) is 4.35. The molecule has 0 fully saturated rings. The number of halogens is 1.